The van der Waals surface area contributed by atoms with Crippen LogP contribution >= 0.6 is 0 Å². The Balaban J connectivity index is 1.57. The lowest BCUT2D eigenvalue weighted by Crippen LogP contribution is -2.48. The van der Waals surface area contributed by atoms with E-state index < -0.39 is 22.0 Å². The Hall–Kier alpha value is -2.95. The molecule has 2 aliphatic rings. The van der Waals surface area contributed by atoms with Gasteiger partial charge in [-0.25, -0.2) is 8.42 Å². The Labute approximate surface area is 232 Å². The molecule has 9 nitrogen and oxygen atoms in total. The largest absolute Gasteiger partial charge is 0.370 e. The quantitative estimate of drug-likeness (QED) is 0.356. The molecule has 1 atom stereocenters. The number of nitrogens with two attached hydrogens (primary N) is 1. The maximum atomic E-state index is 13.7. The van der Waals surface area contributed by atoms with E-state index >= 15 is 0 Å². The van der Waals surface area contributed by atoms with E-state index in [-0.39, 0.29) is 22.6 Å². The van der Waals surface area contributed by atoms with Gasteiger partial charge in [0.05, 0.1) is 5.69 Å². The molecule has 0 aromatic heterocycles. The number of sulfonamides is 1. The number of rotatable bonds is 10. The van der Waals surface area contributed by atoms with Crippen molar-refractivity contribution in [1.29, 1.82) is 0 Å². The van der Waals surface area contributed by atoms with Gasteiger partial charge >= 0.3 is 0 Å². The summed E-state index contributed by atoms with van der Waals surface area (Å²) in [6.07, 6.45) is 4.35. The summed E-state index contributed by atoms with van der Waals surface area (Å²) in [5, 5.41) is 6.17. The molecule has 0 radical (unpaired) electrons. The molecule has 0 spiro atoms. The number of anilines is 2. The summed E-state index contributed by atoms with van der Waals surface area (Å²) in [6, 6.07) is 14.4. The fraction of sp³-hybridized carbons (Fsp3) is 0.517. The highest BCUT2D eigenvalue weighted by Crippen LogP contribution is 2.33. The van der Waals surface area contributed by atoms with Crippen LogP contribution in [0.4, 0.5) is 11.4 Å². The first-order valence-electron chi connectivity index (χ1n) is 13.9. The molecular formula is C29H41N5O4S. The summed E-state index contributed by atoms with van der Waals surface area (Å²) < 4.78 is 29.9. The van der Waals surface area contributed by atoms with Gasteiger partial charge in [0.2, 0.25) is 21.8 Å². The van der Waals surface area contributed by atoms with E-state index in [2.05, 4.69) is 44.5 Å². The van der Waals surface area contributed by atoms with Crippen molar-refractivity contribution in [1.82, 2.24) is 10.0 Å². The zero-order valence-electron chi connectivity index (χ0n) is 22.9. The van der Waals surface area contributed by atoms with Crippen LogP contribution in [0.5, 0.6) is 0 Å². The van der Waals surface area contributed by atoms with Crippen LogP contribution in [0.2, 0.25) is 0 Å². The van der Waals surface area contributed by atoms with Crippen molar-refractivity contribution in [3.8, 4) is 0 Å². The predicted molar refractivity (Wildman–Crippen MR) is 154 cm³/mol. The first-order chi connectivity index (χ1) is 18.6. The summed E-state index contributed by atoms with van der Waals surface area (Å²) in [5.74, 6) is -0.762. The first-order valence-corrected chi connectivity index (χ1v) is 15.4. The van der Waals surface area contributed by atoms with Gasteiger partial charge in [0.15, 0.2) is 0 Å². The highest BCUT2D eigenvalue weighted by Gasteiger charge is 2.31. The van der Waals surface area contributed by atoms with Crippen LogP contribution in [0, 0.1) is 17.8 Å². The van der Waals surface area contributed by atoms with Crippen LogP contribution < -0.4 is 26.0 Å². The molecular weight excluding hydrogens is 514 g/mol. The van der Waals surface area contributed by atoms with Crippen molar-refractivity contribution in [2.75, 3.05) is 36.4 Å². The van der Waals surface area contributed by atoms with Gasteiger partial charge in [-0.15, -0.1) is 0 Å². The Morgan fingerprint density at radius 1 is 1.03 bits per heavy atom. The Kier molecular flexibility index (Phi) is 9.63. The van der Waals surface area contributed by atoms with Gasteiger partial charge in [-0.3, -0.25) is 9.59 Å². The molecule has 39 heavy (non-hydrogen) atoms. The van der Waals surface area contributed by atoms with E-state index in [0.717, 1.165) is 45.2 Å². The second kappa shape index (κ2) is 12.9. The van der Waals surface area contributed by atoms with Gasteiger partial charge in [0.1, 0.15) is 10.9 Å². The zero-order valence-corrected chi connectivity index (χ0v) is 23.7. The monoisotopic (exact) mass is 555 g/mol. The number of piperidine rings is 2. The highest BCUT2D eigenvalue weighted by atomic mass is 32.2. The van der Waals surface area contributed by atoms with Crippen LogP contribution in [0.3, 0.4) is 0 Å². The van der Waals surface area contributed by atoms with Crippen LogP contribution in [0.25, 0.3) is 0 Å². The number of carbonyl (C=O) groups excluding carboxylic acids is 2. The normalized spacial score (nSPS) is 18.2. The number of amides is 2. The fourth-order valence-electron chi connectivity index (χ4n) is 5.48. The minimum absolute atomic E-state index is 0.0408. The SMILES string of the molecule is CC(C)C(NS(=O)(=O)c1cc(NC(=O)C2CCNCC2)ccc1N1CCC(Cc2ccccc2)CC1)C(N)=O. The summed E-state index contributed by atoms with van der Waals surface area (Å²) in [4.78, 5) is 27.0. The number of benzene rings is 2. The minimum Gasteiger partial charge on any atom is -0.370 e. The van der Waals surface area contributed by atoms with Crippen molar-refractivity contribution in [2.45, 2.75) is 56.9 Å². The summed E-state index contributed by atoms with van der Waals surface area (Å²) in [7, 11) is -4.13. The molecule has 212 valence electrons. The molecule has 0 saturated carbocycles. The Bertz CT molecular complexity index is 1240. The fourth-order valence-corrected chi connectivity index (χ4v) is 7.08. The average Bonchev–Trinajstić information content (AvgIpc) is 2.93. The summed E-state index contributed by atoms with van der Waals surface area (Å²) in [6.45, 7) is 6.47. The maximum absolute atomic E-state index is 13.7. The molecule has 1 unspecified atom stereocenters. The van der Waals surface area contributed by atoms with Gasteiger partial charge in [-0.1, -0.05) is 44.2 Å². The molecule has 2 aliphatic heterocycles. The van der Waals surface area contributed by atoms with Crippen molar-refractivity contribution in [2.24, 2.45) is 23.5 Å². The maximum Gasteiger partial charge on any atom is 0.243 e. The topological polar surface area (TPSA) is 134 Å². The third-order valence-corrected chi connectivity index (χ3v) is 9.27. The molecule has 2 fully saturated rings. The standard InChI is InChI=1S/C29H41N5O4S/c1-20(2)27(28(30)35)33-39(37,38)26-19-24(32-29(36)23-10-14-31-15-11-23)8-9-25(26)34-16-12-22(13-17-34)18-21-6-4-3-5-7-21/h3-9,19-20,22-23,27,31,33H,10-18H2,1-2H3,(H2,30,35)(H,32,36). The minimum atomic E-state index is -4.13. The second-order valence-corrected chi connectivity index (χ2v) is 12.7. The molecule has 4 rings (SSSR count). The molecule has 2 saturated heterocycles. The van der Waals surface area contributed by atoms with Crippen LogP contribution in [0.15, 0.2) is 53.4 Å². The van der Waals surface area contributed by atoms with Crippen molar-refractivity contribution in [3.63, 3.8) is 0 Å². The lowest BCUT2D eigenvalue weighted by molar-refractivity contribution is -0.121. The second-order valence-electron chi connectivity index (χ2n) is 11.1. The summed E-state index contributed by atoms with van der Waals surface area (Å²) >= 11 is 0. The average molecular weight is 556 g/mol. The van der Waals surface area contributed by atoms with Crippen molar-refractivity contribution in [3.05, 3.63) is 54.1 Å². The lowest BCUT2D eigenvalue weighted by Gasteiger charge is -2.35. The van der Waals surface area contributed by atoms with E-state index in [9.17, 15) is 18.0 Å². The Morgan fingerprint density at radius 3 is 2.31 bits per heavy atom. The smallest absolute Gasteiger partial charge is 0.243 e. The molecule has 2 aromatic carbocycles. The number of hydrogen-bond acceptors (Lipinski definition) is 6. The predicted octanol–water partition coefficient (Wildman–Crippen LogP) is 2.87. The molecule has 5 N–H and O–H groups in total. The number of nitrogens with one attached hydrogen (secondary N) is 3. The number of nitrogens with zero attached hydrogens (tertiary/aromatic N) is 1. The van der Waals surface area contributed by atoms with E-state index in [4.69, 9.17) is 5.73 Å². The van der Waals surface area contributed by atoms with Crippen LogP contribution in [-0.4, -0.2) is 52.5 Å². The summed E-state index contributed by atoms with van der Waals surface area (Å²) in [5.41, 5.74) is 7.81. The number of hydrogen-bond donors (Lipinski definition) is 4. The van der Waals surface area contributed by atoms with Crippen LogP contribution in [0.1, 0.15) is 45.1 Å². The van der Waals surface area contributed by atoms with Gasteiger partial charge in [0, 0.05) is 24.7 Å². The third kappa shape index (κ3) is 7.58. The van der Waals surface area contributed by atoms with Crippen molar-refractivity contribution < 1.29 is 18.0 Å². The van der Waals surface area contributed by atoms with E-state index in [0.29, 0.717) is 30.4 Å². The molecule has 10 heteroatoms. The number of carbonyl (C=O) groups is 2. The molecule has 2 amide bonds. The van der Waals surface area contributed by atoms with Gasteiger partial charge in [-0.2, -0.15) is 4.72 Å². The zero-order chi connectivity index (χ0) is 28.0. The van der Waals surface area contributed by atoms with Crippen molar-refractivity contribution >= 4 is 33.2 Å². The molecule has 2 heterocycles. The van der Waals surface area contributed by atoms with Gasteiger partial charge in [0.25, 0.3) is 0 Å². The molecule has 0 aliphatic carbocycles. The van der Waals surface area contributed by atoms with Gasteiger partial charge < -0.3 is 21.3 Å². The third-order valence-electron chi connectivity index (χ3n) is 7.80. The first kappa shape index (κ1) is 29.0. The Morgan fingerprint density at radius 2 is 1.69 bits per heavy atom. The van der Waals surface area contributed by atoms with Gasteiger partial charge in [-0.05, 0) is 80.8 Å². The highest BCUT2D eigenvalue weighted by molar-refractivity contribution is 7.89. The van der Waals surface area contributed by atoms with E-state index in [1.807, 2.05) is 6.07 Å². The van der Waals surface area contributed by atoms with E-state index in [1.165, 1.54) is 11.6 Å². The molecule has 0 bridgehead atoms. The number of primary amides is 1. The molecule has 2 aromatic rings. The van der Waals surface area contributed by atoms with E-state index in [1.54, 1.807) is 26.0 Å². The van der Waals surface area contributed by atoms with Crippen LogP contribution in [-0.2, 0) is 26.0 Å². The lowest BCUT2D eigenvalue weighted by atomic mass is 9.90.